The number of carbonyl (C=O) groups excluding carboxylic acids is 1. The van der Waals surface area contributed by atoms with Crippen molar-refractivity contribution in [1.82, 2.24) is 15.1 Å². The van der Waals surface area contributed by atoms with Crippen LogP contribution in [0.15, 0.2) is 24.3 Å². The molecule has 1 aliphatic heterocycles. The van der Waals surface area contributed by atoms with Crippen LogP contribution in [0.4, 0.5) is 9.18 Å². The van der Waals surface area contributed by atoms with E-state index in [1.165, 1.54) is 12.1 Å². The summed E-state index contributed by atoms with van der Waals surface area (Å²) in [5.41, 5.74) is 0.779. The lowest BCUT2D eigenvalue weighted by molar-refractivity contribution is -0.00906. The van der Waals surface area contributed by atoms with Gasteiger partial charge < -0.3 is 15.0 Å². The van der Waals surface area contributed by atoms with Crippen LogP contribution in [0.25, 0.3) is 0 Å². The summed E-state index contributed by atoms with van der Waals surface area (Å²) in [4.78, 5) is 16.4. The van der Waals surface area contributed by atoms with Gasteiger partial charge in [0.1, 0.15) is 5.82 Å². The average Bonchev–Trinajstić information content (AvgIpc) is 2.60. The van der Waals surface area contributed by atoms with E-state index >= 15 is 0 Å². The number of benzene rings is 1. The molecule has 0 radical (unpaired) electrons. The zero-order valence-electron chi connectivity index (χ0n) is 15.0. The van der Waals surface area contributed by atoms with E-state index in [4.69, 9.17) is 4.74 Å². The first-order chi connectivity index (χ1) is 11.3. The second-order valence-electron chi connectivity index (χ2n) is 6.91. The highest BCUT2D eigenvalue weighted by Crippen LogP contribution is 2.20. The predicted octanol–water partition coefficient (Wildman–Crippen LogP) is 2.64. The maximum Gasteiger partial charge on any atom is 0.317 e. The number of amides is 2. The Bertz CT molecular complexity index is 542. The second kappa shape index (κ2) is 7.94. The molecule has 0 unspecified atom stereocenters. The Kier molecular flexibility index (Phi) is 6.18. The summed E-state index contributed by atoms with van der Waals surface area (Å²) in [6.45, 7) is 9.98. The van der Waals surface area contributed by atoms with Gasteiger partial charge in [-0.3, -0.25) is 4.90 Å². The highest BCUT2D eigenvalue weighted by molar-refractivity contribution is 5.74. The summed E-state index contributed by atoms with van der Waals surface area (Å²) in [6.07, 6.45) is 0. The van der Waals surface area contributed by atoms with Crippen LogP contribution in [0.2, 0.25) is 0 Å². The molecule has 1 heterocycles. The summed E-state index contributed by atoms with van der Waals surface area (Å²) < 4.78 is 18.4. The quantitative estimate of drug-likeness (QED) is 0.898. The number of rotatable bonds is 5. The van der Waals surface area contributed by atoms with Crippen molar-refractivity contribution in [2.45, 2.75) is 32.4 Å². The molecule has 1 aromatic rings. The molecule has 1 saturated heterocycles. The molecule has 6 heteroatoms. The number of hydrogen-bond donors (Lipinski definition) is 1. The molecular formula is C18H28FN3O2. The maximum atomic E-state index is 13.0. The van der Waals surface area contributed by atoms with Crippen molar-refractivity contribution < 1.29 is 13.9 Å². The lowest BCUT2D eigenvalue weighted by atomic mass is 10.0. The molecule has 1 fully saturated rings. The number of hydrogen-bond acceptors (Lipinski definition) is 3. The van der Waals surface area contributed by atoms with Gasteiger partial charge >= 0.3 is 6.03 Å². The highest BCUT2D eigenvalue weighted by atomic mass is 19.1. The van der Waals surface area contributed by atoms with Gasteiger partial charge in [0.25, 0.3) is 0 Å². The van der Waals surface area contributed by atoms with E-state index in [-0.39, 0.29) is 23.4 Å². The SMILES string of the molecule is C[C@@H](c1ccc(F)cc1)N(C)C(=O)NCC(C)(C)N1CCOCC1. The van der Waals surface area contributed by atoms with Crippen molar-refractivity contribution in [3.05, 3.63) is 35.6 Å². The Morgan fingerprint density at radius 3 is 2.50 bits per heavy atom. The first-order valence-electron chi connectivity index (χ1n) is 8.40. The average molecular weight is 337 g/mol. The van der Waals surface area contributed by atoms with Gasteiger partial charge in [-0.15, -0.1) is 0 Å². The van der Waals surface area contributed by atoms with Gasteiger partial charge in [0.2, 0.25) is 0 Å². The van der Waals surface area contributed by atoms with Gasteiger partial charge in [0, 0.05) is 32.2 Å². The van der Waals surface area contributed by atoms with Gasteiger partial charge in [-0.2, -0.15) is 0 Å². The fourth-order valence-electron chi connectivity index (χ4n) is 2.84. The lowest BCUT2D eigenvalue weighted by Gasteiger charge is -2.41. The van der Waals surface area contributed by atoms with Crippen LogP contribution in [0.1, 0.15) is 32.4 Å². The fourth-order valence-corrected chi connectivity index (χ4v) is 2.84. The van der Waals surface area contributed by atoms with Gasteiger partial charge in [-0.25, -0.2) is 9.18 Å². The van der Waals surface area contributed by atoms with Crippen molar-refractivity contribution in [3.8, 4) is 0 Å². The van der Waals surface area contributed by atoms with E-state index in [1.807, 2.05) is 6.92 Å². The minimum Gasteiger partial charge on any atom is -0.379 e. The number of urea groups is 1. The first kappa shape index (κ1) is 18.7. The topological polar surface area (TPSA) is 44.8 Å². The maximum absolute atomic E-state index is 13.0. The largest absolute Gasteiger partial charge is 0.379 e. The third-order valence-electron chi connectivity index (χ3n) is 4.79. The minimum absolute atomic E-state index is 0.126. The summed E-state index contributed by atoms with van der Waals surface area (Å²) in [6, 6.07) is 5.99. The first-order valence-corrected chi connectivity index (χ1v) is 8.40. The monoisotopic (exact) mass is 337 g/mol. The van der Waals surface area contributed by atoms with Crippen molar-refractivity contribution in [2.24, 2.45) is 0 Å². The molecule has 2 rings (SSSR count). The Hall–Kier alpha value is -1.66. The van der Waals surface area contributed by atoms with E-state index in [0.717, 1.165) is 31.9 Å². The van der Waals surface area contributed by atoms with E-state index in [0.29, 0.717) is 6.54 Å². The van der Waals surface area contributed by atoms with E-state index in [9.17, 15) is 9.18 Å². The predicted molar refractivity (Wildman–Crippen MR) is 92.4 cm³/mol. The highest BCUT2D eigenvalue weighted by Gasteiger charge is 2.29. The molecule has 5 nitrogen and oxygen atoms in total. The lowest BCUT2D eigenvalue weighted by Crippen LogP contribution is -2.56. The van der Waals surface area contributed by atoms with Crippen LogP contribution in [-0.2, 0) is 4.74 Å². The number of nitrogens with zero attached hydrogens (tertiary/aromatic N) is 2. The normalized spacial score (nSPS) is 17.4. The van der Waals surface area contributed by atoms with Crippen LogP contribution in [0, 0.1) is 5.82 Å². The second-order valence-corrected chi connectivity index (χ2v) is 6.91. The number of carbonyl (C=O) groups is 1. The third kappa shape index (κ3) is 4.68. The molecule has 0 aromatic heterocycles. The number of nitrogens with one attached hydrogen (secondary N) is 1. The summed E-state index contributed by atoms with van der Waals surface area (Å²) in [5.74, 6) is -0.273. The number of morpholine rings is 1. The van der Waals surface area contributed by atoms with Crippen molar-refractivity contribution in [3.63, 3.8) is 0 Å². The molecule has 134 valence electrons. The minimum atomic E-state index is -0.273. The van der Waals surface area contributed by atoms with Gasteiger partial charge in [0.05, 0.1) is 19.3 Å². The molecule has 24 heavy (non-hydrogen) atoms. The number of halogens is 1. The Morgan fingerprint density at radius 2 is 1.92 bits per heavy atom. The van der Waals surface area contributed by atoms with Crippen LogP contribution in [0.3, 0.4) is 0 Å². The van der Waals surface area contributed by atoms with Gasteiger partial charge in [-0.1, -0.05) is 12.1 Å². The van der Waals surface area contributed by atoms with Crippen LogP contribution in [-0.4, -0.2) is 61.3 Å². The Morgan fingerprint density at radius 1 is 1.33 bits per heavy atom. The van der Waals surface area contributed by atoms with Gasteiger partial charge in [0.15, 0.2) is 0 Å². The summed E-state index contributed by atoms with van der Waals surface area (Å²) in [5, 5.41) is 3.01. The van der Waals surface area contributed by atoms with E-state index < -0.39 is 0 Å². The zero-order valence-corrected chi connectivity index (χ0v) is 15.0. The number of ether oxygens (including phenoxy) is 1. The van der Waals surface area contributed by atoms with Crippen molar-refractivity contribution >= 4 is 6.03 Å². The molecule has 0 saturated carbocycles. The molecular weight excluding hydrogens is 309 g/mol. The van der Waals surface area contributed by atoms with Crippen molar-refractivity contribution in [2.75, 3.05) is 39.9 Å². The van der Waals surface area contributed by atoms with E-state index in [2.05, 4.69) is 24.1 Å². The molecule has 1 aromatic carbocycles. The fraction of sp³-hybridized carbons (Fsp3) is 0.611. The molecule has 1 atom stereocenters. The smallest absolute Gasteiger partial charge is 0.317 e. The molecule has 1 N–H and O–H groups in total. The Balaban J connectivity index is 1.89. The van der Waals surface area contributed by atoms with Gasteiger partial charge in [-0.05, 0) is 38.5 Å². The Labute approximate surface area is 143 Å². The summed E-state index contributed by atoms with van der Waals surface area (Å²) >= 11 is 0. The molecule has 0 aliphatic carbocycles. The zero-order chi connectivity index (χ0) is 17.7. The standard InChI is InChI=1S/C18H28FN3O2/c1-14(15-5-7-16(19)8-6-15)21(4)17(23)20-13-18(2,3)22-9-11-24-12-10-22/h5-8,14H,9-13H2,1-4H3,(H,20,23)/t14-/m0/s1. The molecule has 1 aliphatic rings. The van der Waals surface area contributed by atoms with Crippen LogP contribution < -0.4 is 5.32 Å². The third-order valence-corrected chi connectivity index (χ3v) is 4.79. The van der Waals surface area contributed by atoms with Crippen LogP contribution >= 0.6 is 0 Å². The molecule has 2 amide bonds. The molecule has 0 spiro atoms. The molecule has 0 bridgehead atoms. The summed E-state index contributed by atoms with van der Waals surface area (Å²) in [7, 11) is 1.76. The van der Waals surface area contributed by atoms with E-state index in [1.54, 1.807) is 24.1 Å². The van der Waals surface area contributed by atoms with Crippen molar-refractivity contribution in [1.29, 1.82) is 0 Å². The van der Waals surface area contributed by atoms with Crippen LogP contribution in [0.5, 0.6) is 0 Å².